The van der Waals surface area contributed by atoms with Gasteiger partial charge in [-0.1, -0.05) is 43.6 Å². The molecule has 34 heavy (non-hydrogen) atoms. The topological polar surface area (TPSA) is 92.4 Å². The number of carbonyl (C=O) groups is 2. The van der Waals surface area contributed by atoms with Gasteiger partial charge in [-0.3, -0.25) is 9.59 Å². The lowest BCUT2D eigenvalue weighted by Crippen LogP contribution is -2.26. The summed E-state index contributed by atoms with van der Waals surface area (Å²) in [5.41, 5.74) is 4.98. The van der Waals surface area contributed by atoms with Crippen molar-refractivity contribution in [2.24, 2.45) is 11.3 Å². The maximum atomic E-state index is 12.9. The van der Waals surface area contributed by atoms with E-state index in [2.05, 4.69) is 31.2 Å². The normalized spacial score (nSPS) is 21.1. The lowest BCUT2D eigenvalue weighted by Gasteiger charge is -2.38. The molecule has 2 N–H and O–H groups in total. The van der Waals surface area contributed by atoms with Gasteiger partial charge in [0.05, 0.1) is 12.1 Å². The fourth-order valence-electron chi connectivity index (χ4n) is 5.53. The third-order valence-electron chi connectivity index (χ3n) is 7.17. The number of amides is 1. The van der Waals surface area contributed by atoms with Gasteiger partial charge in [-0.05, 0) is 74.8 Å². The first-order chi connectivity index (χ1) is 16.0. The molecule has 0 saturated heterocycles. The molecule has 1 aromatic carbocycles. The number of benzene rings is 1. The van der Waals surface area contributed by atoms with Gasteiger partial charge >= 0.3 is 5.97 Å². The van der Waals surface area contributed by atoms with E-state index in [4.69, 9.17) is 4.52 Å². The summed E-state index contributed by atoms with van der Waals surface area (Å²) in [5, 5.41) is 17.0. The Bertz CT molecular complexity index is 1050. The van der Waals surface area contributed by atoms with Crippen LogP contribution in [0.2, 0.25) is 0 Å². The largest absolute Gasteiger partial charge is 0.481 e. The molecule has 6 heteroatoms. The second-order valence-corrected chi connectivity index (χ2v) is 11.8. The van der Waals surface area contributed by atoms with Crippen molar-refractivity contribution in [3.05, 3.63) is 46.3 Å². The van der Waals surface area contributed by atoms with E-state index < -0.39 is 11.9 Å². The van der Waals surface area contributed by atoms with Crippen molar-refractivity contribution in [1.29, 1.82) is 0 Å². The van der Waals surface area contributed by atoms with Crippen LogP contribution >= 0.6 is 0 Å². The number of aliphatic carboxylic acids is 1. The molecular formula is C28H38N2O4. The second-order valence-electron chi connectivity index (χ2n) is 11.8. The number of carboxylic acids is 1. The molecule has 1 atom stereocenters. The molecule has 184 valence electrons. The zero-order valence-electron chi connectivity index (χ0n) is 21.1. The van der Waals surface area contributed by atoms with Gasteiger partial charge in [-0.25, -0.2) is 0 Å². The number of aromatic nitrogens is 1. The van der Waals surface area contributed by atoms with Gasteiger partial charge in [0.1, 0.15) is 5.76 Å². The molecule has 0 aliphatic heterocycles. The number of hydrogen-bond donors (Lipinski definition) is 2. The molecule has 1 unspecified atom stereocenters. The van der Waals surface area contributed by atoms with Crippen LogP contribution in [-0.4, -0.2) is 22.1 Å². The number of carbonyl (C=O) groups excluding carboxylic acids is 1. The van der Waals surface area contributed by atoms with Crippen LogP contribution in [0.4, 0.5) is 5.69 Å². The molecule has 1 aromatic heterocycles. The van der Waals surface area contributed by atoms with E-state index in [1.165, 1.54) is 6.42 Å². The molecule has 0 radical (unpaired) electrons. The van der Waals surface area contributed by atoms with Gasteiger partial charge in [0.25, 0.3) is 0 Å². The lowest BCUT2D eigenvalue weighted by atomic mass is 9.67. The highest BCUT2D eigenvalue weighted by Gasteiger charge is 2.42. The van der Waals surface area contributed by atoms with Crippen LogP contribution in [-0.2, 0) is 9.59 Å². The van der Waals surface area contributed by atoms with Crippen molar-refractivity contribution in [2.45, 2.75) is 97.3 Å². The third kappa shape index (κ3) is 5.89. The van der Waals surface area contributed by atoms with E-state index in [9.17, 15) is 14.7 Å². The van der Waals surface area contributed by atoms with Gasteiger partial charge < -0.3 is 14.9 Å². The Balaban J connectivity index is 1.51. The van der Waals surface area contributed by atoms with Gasteiger partial charge in [0, 0.05) is 29.5 Å². The third-order valence-corrected chi connectivity index (χ3v) is 7.17. The summed E-state index contributed by atoms with van der Waals surface area (Å²) >= 11 is 0. The Morgan fingerprint density at radius 3 is 2.44 bits per heavy atom. The zero-order valence-corrected chi connectivity index (χ0v) is 21.1. The zero-order chi connectivity index (χ0) is 24.6. The first-order valence-corrected chi connectivity index (χ1v) is 12.6. The number of anilines is 1. The average molecular weight is 467 g/mol. The SMILES string of the molecule is Cc1ccc(NC(=O)CC(CC(=O)O)c2noc(C3CC(CC(C)(C)C)C3)c2C2CC2)c(C)c1. The Kier molecular flexibility index (Phi) is 6.88. The van der Waals surface area contributed by atoms with Gasteiger partial charge in [-0.2, -0.15) is 0 Å². The maximum absolute atomic E-state index is 12.9. The molecule has 6 nitrogen and oxygen atoms in total. The van der Waals surface area contributed by atoms with E-state index in [0.717, 1.165) is 53.8 Å². The summed E-state index contributed by atoms with van der Waals surface area (Å²) in [4.78, 5) is 24.6. The fourth-order valence-corrected chi connectivity index (χ4v) is 5.53. The second kappa shape index (κ2) is 9.55. The highest BCUT2D eigenvalue weighted by molar-refractivity contribution is 5.92. The van der Waals surface area contributed by atoms with Crippen molar-refractivity contribution in [3.63, 3.8) is 0 Å². The molecule has 0 bridgehead atoms. The Morgan fingerprint density at radius 1 is 1.15 bits per heavy atom. The average Bonchev–Trinajstić information content (AvgIpc) is 3.43. The van der Waals surface area contributed by atoms with Crippen LogP contribution in [0.25, 0.3) is 0 Å². The standard InChI is InChI=1S/C28H38N2O4/c1-16-6-9-22(17(2)10-16)29-23(31)13-20(14-24(32)33)26-25(19-7-8-19)27(34-30-26)21-11-18(12-21)15-28(3,4)5/h6,9-10,18-21H,7-8,11-15H2,1-5H3,(H,29,31)(H,32,33). The molecule has 2 aromatic rings. The maximum Gasteiger partial charge on any atom is 0.304 e. The van der Waals surface area contributed by atoms with Crippen LogP contribution in [0.15, 0.2) is 22.7 Å². The number of nitrogens with zero attached hydrogens (tertiary/aromatic N) is 1. The number of rotatable bonds is 9. The molecule has 2 aliphatic rings. The smallest absolute Gasteiger partial charge is 0.304 e. The molecular weight excluding hydrogens is 428 g/mol. The van der Waals surface area contributed by atoms with Crippen LogP contribution in [0, 0.1) is 25.2 Å². The Labute approximate surface area is 202 Å². The van der Waals surface area contributed by atoms with Gasteiger partial charge in [0.15, 0.2) is 0 Å². The number of nitrogens with one attached hydrogen (secondary N) is 1. The predicted molar refractivity (Wildman–Crippen MR) is 132 cm³/mol. The van der Waals surface area contributed by atoms with Crippen molar-refractivity contribution in [3.8, 4) is 0 Å². The van der Waals surface area contributed by atoms with E-state index in [1.807, 2.05) is 32.0 Å². The molecule has 0 spiro atoms. The van der Waals surface area contributed by atoms with Crippen molar-refractivity contribution < 1.29 is 19.2 Å². The summed E-state index contributed by atoms with van der Waals surface area (Å²) in [6.45, 7) is 10.8. The van der Waals surface area contributed by atoms with Gasteiger partial charge in [0.2, 0.25) is 5.91 Å². The first-order valence-electron chi connectivity index (χ1n) is 12.6. The van der Waals surface area contributed by atoms with Gasteiger partial charge in [-0.15, -0.1) is 0 Å². The minimum Gasteiger partial charge on any atom is -0.481 e. The lowest BCUT2D eigenvalue weighted by molar-refractivity contribution is -0.137. The molecule has 1 amide bonds. The highest BCUT2D eigenvalue weighted by atomic mass is 16.5. The highest BCUT2D eigenvalue weighted by Crippen LogP contribution is 2.53. The molecule has 2 fully saturated rings. The molecule has 2 saturated carbocycles. The van der Waals surface area contributed by atoms with Crippen molar-refractivity contribution in [1.82, 2.24) is 5.16 Å². The number of carboxylic acid groups (broad SMARTS) is 1. The molecule has 1 heterocycles. The first kappa shape index (κ1) is 24.5. The van der Waals surface area contributed by atoms with Crippen molar-refractivity contribution >= 4 is 17.6 Å². The van der Waals surface area contributed by atoms with Crippen LogP contribution in [0.5, 0.6) is 0 Å². The number of hydrogen-bond acceptors (Lipinski definition) is 4. The molecule has 4 rings (SSSR count). The van der Waals surface area contributed by atoms with E-state index in [1.54, 1.807) is 0 Å². The van der Waals surface area contributed by atoms with E-state index in [0.29, 0.717) is 28.9 Å². The summed E-state index contributed by atoms with van der Waals surface area (Å²) in [6.07, 6.45) is 5.49. The molecule has 2 aliphatic carbocycles. The van der Waals surface area contributed by atoms with Crippen LogP contribution < -0.4 is 5.32 Å². The van der Waals surface area contributed by atoms with Crippen LogP contribution in [0.3, 0.4) is 0 Å². The fraction of sp³-hybridized carbons (Fsp3) is 0.607. The summed E-state index contributed by atoms with van der Waals surface area (Å²) in [7, 11) is 0. The predicted octanol–water partition coefficient (Wildman–Crippen LogP) is 6.69. The summed E-state index contributed by atoms with van der Waals surface area (Å²) in [5.74, 6) is 0.775. The monoisotopic (exact) mass is 466 g/mol. The quantitative estimate of drug-likeness (QED) is 0.430. The van der Waals surface area contributed by atoms with E-state index >= 15 is 0 Å². The Morgan fingerprint density at radius 2 is 1.85 bits per heavy atom. The Hall–Kier alpha value is -2.63. The van der Waals surface area contributed by atoms with E-state index in [-0.39, 0.29) is 18.7 Å². The minimum atomic E-state index is -0.926. The van der Waals surface area contributed by atoms with Crippen LogP contribution in [0.1, 0.15) is 112 Å². The summed E-state index contributed by atoms with van der Waals surface area (Å²) in [6, 6.07) is 5.87. The minimum absolute atomic E-state index is 0.0720. The summed E-state index contributed by atoms with van der Waals surface area (Å²) < 4.78 is 5.90. The number of aryl methyl sites for hydroxylation is 2. The van der Waals surface area contributed by atoms with Crippen molar-refractivity contribution in [2.75, 3.05) is 5.32 Å².